The molecule has 166 valence electrons. The number of pyridine rings is 1. The molecule has 0 aliphatic carbocycles. The van der Waals surface area contributed by atoms with Crippen molar-refractivity contribution in [3.8, 4) is 5.75 Å². The van der Waals surface area contributed by atoms with E-state index in [-0.39, 0.29) is 21.4 Å². The Balaban J connectivity index is 1.77. The molecule has 0 spiro atoms. The summed E-state index contributed by atoms with van der Waals surface area (Å²) in [7, 11) is -3.71. The monoisotopic (exact) mass is 468 g/mol. The van der Waals surface area contributed by atoms with Gasteiger partial charge in [0.15, 0.2) is 6.10 Å². The van der Waals surface area contributed by atoms with Crippen molar-refractivity contribution in [1.29, 1.82) is 0 Å². The number of nitro groups is 1. The first-order chi connectivity index (χ1) is 14.7. The molecule has 1 amide bonds. The minimum Gasteiger partial charge on any atom is -0.473 e. The van der Waals surface area contributed by atoms with Crippen molar-refractivity contribution in [1.82, 2.24) is 9.29 Å². The van der Waals surface area contributed by atoms with Gasteiger partial charge in [-0.25, -0.2) is 8.42 Å². The Labute approximate surface area is 184 Å². The fourth-order valence-electron chi connectivity index (χ4n) is 3.10. The molecule has 0 saturated carbocycles. The quantitative estimate of drug-likeness (QED) is 0.487. The van der Waals surface area contributed by atoms with Crippen molar-refractivity contribution in [2.45, 2.75) is 37.2 Å². The summed E-state index contributed by atoms with van der Waals surface area (Å²) in [6.45, 7) is 2.29. The van der Waals surface area contributed by atoms with Crippen molar-refractivity contribution in [3.05, 3.63) is 51.7 Å². The first-order valence-corrected chi connectivity index (χ1v) is 11.4. The van der Waals surface area contributed by atoms with Gasteiger partial charge in [0, 0.05) is 13.1 Å². The normalized spacial score (nSPS) is 15.8. The standard InChI is InChI=1S/C19H21ClN4O6S/c1-13(30-17-6-5-9-21-18(17)24(26)27)19(25)22-16-12-14(7-8-15(16)20)31(28,29)23-10-3-2-4-11-23/h5-9,12-13H,2-4,10-11H2,1H3,(H,22,25). The second-order valence-corrected chi connectivity index (χ2v) is 9.28. The molecule has 31 heavy (non-hydrogen) atoms. The van der Waals surface area contributed by atoms with E-state index in [0.717, 1.165) is 19.3 Å². The largest absolute Gasteiger partial charge is 0.473 e. The zero-order chi connectivity index (χ0) is 22.6. The van der Waals surface area contributed by atoms with Crippen LogP contribution in [0.15, 0.2) is 41.4 Å². The average molecular weight is 469 g/mol. The second kappa shape index (κ2) is 9.58. The van der Waals surface area contributed by atoms with Crippen LogP contribution >= 0.6 is 11.6 Å². The third-order valence-electron chi connectivity index (χ3n) is 4.75. The van der Waals surface area contributed by atoms with Crippen molar-refractivity contribution in [2.75, 3.05) is 18.4 Å². The number of sulfonamides is 1. The summed E-state index contributed by atoms with van der Waals surface area (Å²) in [5.74, 6) is -1.34. The van der Waals surface area contributed by atoms with Gasteiger partial charge in [0.05, 0.1) is 15.6 Å². The number of rotatable bonds is 7. The SMILES string of the molecule is CC(Oc1cccnc1[N+](=O)[O-])C(=O)Nc1cc(S(=O)(=O)N2CCCCC2)ccc1Cl. The number of nitrogens with zero attached hydrogens (tertiary/aromatic N) is 3. The van der Waals surface area contributed by atoms with Crippen molar-refractivity contribution in [2.24, 2.45) is 0 Å². The molecule has 1 aliphatic heterocycles. The molecule has 2 aromatic rings. The fourth-order valence-corrected chi connectivity index (χ4v) is 4.81. The summed E-state index contributed by atoms with van der Waals surface area (Å²) in [5, 5.41) is 13.7. The van der Waals surface area contributed by atoms with E-state index in [2.05, 4.69) is 10.3 Å². The second-order valence-electron chi connectivity index (χ2n) is 6.94. The van der Waals surface area contributed by atoms with E-state index in [1.807, 2.05) is 0 Å². The molecule has 2 heterocycles. The molecule has 1 aromatic carbocycles. The highest BCUT2D eigenvalue weighted by atomic mass is 35.5. The number of ether oxygens (including phenoxy) is 1. The van der Waals surface area contributed by atoms with E-state index in [9.17, 15) is 23.3 Å². The van der Waals surface area contributed by atoms with Gasteiger partial charge in [0.2, 0.25) is 15.8 Å². The predicted octanol–water partition coefficient (Wildman–Crippen LogP) is 3.22. The van der Waals surface area contributed by atoms with Crippen LogP contribution in [0.5, 0.6) is 5.75 Å². The van der Waals surface area contributed by atoms with Gasteiger partial charge in [-0.05, 0) is 60.0 Å². The van der Waals surface area contributed by atoms with Gasteiger partial charge in [0.25, 0.3) is 5.91 Å². The number of nitrogens with one attached hydrogen (secondary N) is 1. The van der Waals surface area contributed by atoms with E-state index in [0.29, 0.717) is 13.1 Å². The van der Waals surface area contributed by atoms with Crippen LogP contribution in [-0.4, -0.2) is 47.7 Å². The van der Waals surface area contributed by atoms with Crippen molar-refractivity contribution >= 4 is 39.0 Å². The summed E-state index contributed by atoms with van der Waals surface area (Å²) in [6.07, 6.45) is 2.68. The third-order valence-corrected chi connectivity index (χ3v) is 6.97. The molecule has 1 unspecified atom stereocenters. The molecule has 1 aromatic heterocycles. The molecule has 10 nitrogen and oxygen atoms in total. The number of anilines is 1. The molecule has 3 rings (SSSR count). The minimum absolute atomic E-state index is 0.0190. The molecular weight excluding hydrogens is 448 g/mol. The van der Waals surface area contributed by atoms with Gasteiger partial charge in [-0.15, -0.1) is 0 Å². The van der Waals surface area contributed by atoms with Crippen molar-refractivity contribution < 1.29 is 22.9 Å². The Morgan fingerprint density at radius 2 is 2.00 bits per heavy atom. The first-order valence-electron chi connectivity index (χ1n) is 9.57. The summed E-state index contributed by atoms with van der Waals surface area (Å²) in [5.41, 5.74) is 0.0980. The molecule has 1 N–H and O–H groups in total. The number of piperidine rings is 1. The summed E-state index contributed by atoms with van der Waals surface area (Å²) in [6, 6.07) is 6.85. The number of halogens is 1. The number of hydrogen-bond donors (Lipinski definition) is 1. The summed E-state index contributed by atoms with van der Waals surface area (Å²) < 4.78 is 32.6. The number of amides is 1. The van der Waals surface area contributed by atoms with E-state index < -0.39 is 32.8 Å². The van der Waals surface area contributed by atoms with Crippen LogP contribution in [0.2, 0.25) is 5.02 Å². The molecule has 1 saturated heterocycles. The Bertz CT molecular complexity index is 1090. The van der Waals surface area contributed by atoms with Crippen LogP contribution in [0, 0.1) is 10.1 Å². The van der Waals surface area contributed by atoms with Gasteiger partial charge in [-0.2, -0.15) is 4.31 Å². The number of carbonyl (C=O) groups excluding carboxylic acids is 1. The third kappa shape index (κ3) is 5.30. The lowest BCUT2D eigenvalue weighted by Crippen LogP contribution is -2.35. The van der Waals surface area contributed by atoms with E-state index in [1.165, 1.54) is 47.8 Å². The maximum atomic E-state index is 12.9. The van der Waals surface area contributed by atoms with E-state index >= 15 is 0 Å². The molecular formula is C19H21ClN4O6S. The van der Waals surface area contributed by atoms with Gasteiger partial charge in [-0.3, -0.25) is 4.79 Å². The lowest BCUT2D eigenvalue weighted by atomic mass is 10.2. The average Bonchev–Trinajstić information content (AvgIpc) is 2.76. The number of aromatic nitrogens is 1. The zero-order valence-corrected chi connectivity index (χ0v) is 18.2. The first kappa shape index (κ1) is 22.9. The smallest absolute Gasteiger partial charge is 0.406 e. The highest BCUT2D eigenvalue weighted by Gasteiger charge is 2.27. The minimum atomic E-state index is -3.71. The summed E-state index contributed by atoms with van der Waals surface area (Å²) >= 11 is 6.14. The Kier molecular flexibility index (Phi) is 7.08. The van der Waals surface area contributed by atoms with Gasteiger partial charge >= 0.3 is 5.82 Å². The van der Waals surface area contributed by atoms with E-state index in [1.54, 1.807) is 0 Å². The van der Waals surface area contributed by atoms with Gasteiger partial charge in [0.1, 0.15) is 6.20 Å². The van der Waals surface area contributed by atoms with Crippen LogP contribution in [0.3, 0.4) is 0 Å². The maximum Gasteiger partial charge on any atom is 0.406 e. The Morgan fingerprint density at radius 3 is 2.68 bits per heavy atom. The van der Waals surface area contributed by atoms with Crippen LogP contribution in [0.4, 0.5) is 11.5 Å². The Morgan fingerprint density at radius 1 is 1.29 bits per heavy atom. The molecule has 1 atom stereocenters. The van der Waals surface area contributed by atoms with Crippen LogP contribution in [0.1, 0.15) is 26.2 Å². The Hall–Kier alpha value is -2.76. The van der Waals surface area contributed by atoms with Crippen LogP contribution < -0.4 is 10.1 Å². The fraction of sp³-hybridized carbons (Fsp3) is 0.368. The van der Waals surface area contributed by atoms with Crippen LogP contribution in [0.25, 0.3) is 0 Å². The molecule has 12 heteroatoms. The van der Waals surface area contributed by atoms with E-state index in [4.69, 9.17) is 16.3 Å². The van der Waals surface area contributed by atoms with Gasteiger partial charge in [-0.1, -0.05) is 18.0 Å². The maximum absolute atomic E-state index is 12.9. The van der Waals surface area contributed by atoms with Crippen molar-refractivity contribution in [3.63, 3.8) is 0 Å². The number of benzene rings is 1. The number of hydrogen-bond acceptors (Lipinski definition) is 7. The summed E-state index contributed by atoms with van der Waals surface area (Å²) in [4.78, 5) is 26.5. The lowest BCUT2D eigenvalue weighted by Gasteiger charge is -2.26. The predicted molar refractivity (Wildman–Crippen MR) is 114 cm³/mol. The van der Waals surface area contributed by atoms with Crippen LogP contribution in [-0.2, 0) is 14.8 Å². The highest BCUT2D eigenvalue weighted by molar-refractivity contribution is 7.89. The molecule has 1 fully saturated rings. The number of carbonyl (C=O) groups is 1. The lowest BCUT2D eigenvalue weighted by molar-refractivity contribution is -0.390. The molecule has 0 bridgehead atoms. The zero-order valence-electron chi connectivity index (χ0n) is 16.7. The molecule has 0 radical (unpaired) electrons. The topological polar surface area (TPSA) is 132 Å². The van der Waals surface area contributed by atoms with Gasteiger partial charge < -0.3 is 20.2 Å². The highest BCUT2D eigenvalue weighted by Crippen LogP contribution is 2.29. The molecule has 1 aliphatic rings.